The number of aromatic nitrogens is 3. The molecule has 3 N–H and O–H groups in total. The van der Waals surface area contributed by atoms with Crippen LogP contribution in [0.5, 0.6) is 0 Å². The largest absolute Gasteiger partial charge is 0.383 e. The average Bonchev–Trinajstić information content (AvgIpc) is 2.94. The summed E-state index contributed by atoms with van der Waals surface area (Å²) in [5.74, 6) is 0.779. The molecule has 0 aliphatic rings. The number of fused-ring (bicyclic) bond motifs is 1. The highest BCUT2D eigenvalue weighted by molar-refractivity contribution is 5.88. The summed E-state index contributed by atoms with van der Waals surface area (Å²) in [6, 6.07) is 5.76. The molecule has 0 aliphatic carbocycles. The van der Waals surface area contributed by atoms with Crippen molar-refractivity contribution in [3.63, 3.8) is 0 Å². The third kappa shape index (κ3) is 3.74. The number of rotatable bonds is 4. The van der Waals surface area contributed by atoms with Crippen LogP contribution in [-0.2, 0) is 4.79 Å². The van der Waals surface area contributed by atoms with Gasteiger partial charge in [0.1, 0.15) is 11.5 Å². The molecule has 3 rings (SSSR count). The Bertz CT molecular complexity index is 959. The second-order valence-electron chi connectivity index (χ2n) is 5.78. The first-order valence-electron chi connectivity index (χ1n) is 7.66. The van der Waals surface area contributed by atoms with Gasteiger partial charge >= 0.3 is 0 Å². The standard InChI is InChI=1S/C17H19N7O/c1-11(25)21-15-10-24-9-12(4-5-16(24)22-15)13-6-14(8-20-23(2)3)17(18)19-7-13/h4-10H,1-3H3,(H2,18,19)(H,21,25). The highest BCUT2D eigenvalue weighted by Crippen LogP contribution is 2.23. The van der Waals surface area contributed by atoms with Crippen LogP contribution >= 0.6 is 0 Å². The minimum Gasteiger partial charge on any atom is -0.383 e. The Balaban J connectivity index is 1.98. The van der Waals surface area contributed by atoms with Gasteiger partial charge in [0.15, 0.2) is 5.82 Å². The quantitative estimate of drug-likeness (QED) is 0.559. The van der Waals surface area contributed by atoms with Crippen LogP contribution in [0.2, 0.25) is 0 Å². The molecule has 25 heavy (non-hydrogen) atoms. The van der Waals surface area contributed by atoms with E-state index in [2.05, 4.69) is 20.4 Å². The number of nitrogens with one attached hydrogen (secondary N) is 1. The summed E-state index contributed by atoms with van der Waals surface area (Å²) in [5.41, 5.74) is 9.26. The number of hydrazone groups is 1. The highest BCUT2D eigenvalue weighted by Gasteiger charge is 2.07. The molecule has 0 unspecified atom stereocenters. The predicted molar refractivity (Wildman–Crippen MR) is 98.4 cm³/mol. The second-order valence-corrected chi connectivity index (χ2v) is 5.78. The maximum atomic E-state index is 11.2. The molecule has 0 bridgehead atoms. The normalized spacial score (nSPS) is 11.2. The molecule has 128 valence electrons. The smallest absolute Gasteiger partial charge is 0.222 e. The summed E-state index contributed by atoms with van der Waals surface area (Å²) in [6.07, 6.45) is 7.08. The lowest BCUT2D eigenvalue weighted by Gasteiger charge is -2.07. The maximum absolute atomic E-state index is 11.2. The topological polar surface area (TPSA) is 101 Å². The Morgan fingerprint density at radius 1 is 1.32 bits per heavy atom. The van der Waals surface area contributed by atoms with Gasteiger partial charge in [0.25, 0.3) is 0 Å². The summed E-state index contributed by atoms with van der Waals surface area (Å²) >= 11 is 0. The molecular formula is C17H19N7O. The lowest BCUT2D eigenvalue weighted by molar-refractivity contribution is -0.114. The minimum atomic E-state index is -0.156. The van der Waals surface area contributed by atoms with Gasteiger partial charge in [0.05, 0.1) is 12.4 Å². The van der Waals surface area contributed by atoms with Gasteiger partial charge in [0, 0.05) is 50.1 Å². The first kappa shape index (κ1) is 16.4. The van der Waals surface area contributed by atoms with E-state index in [1.54, 1.807) is 23.6 Å². The molecule has 0 atom stereocenters. The fraction of sp³-hybridized carbons (Fsp3) is 0.176. The van der Waals surface area contributed by atoms with Crippen molar-refractivity contribution in [1.82, 2.24) is 19.4 Å². The van der Waals surface area contributed by atoms with Gasteiger partial charge in [-0.15, -0.1) is 0 Å². The van der Waals surface area contributed by atoms with E-state index in [-0.39, 0.29) is 5.91 Å². The fourth-order valence-corrected chi connectivity index (χ4v) is 2.33. The van der Waals surface area contributed by atoms with Gasteiger partial charge in [-0.1, -0.05) is 0 Å². The fourth-order valence-electron chi connectivity index (χ4n) is 2.33. The van der Waals surface area contributed by atoms with Gasteiger partial charge in [-0.05, 0) is 18.2 Å². The van der Waals surface area contributed by atoms with Gasteiger partial charge in [-0.25, -0.2) is 9.97 Å². The number of carbonyl (C=O) groups is 1. The third-order valence-corrected chi connectivity index (χ3v) is 3.47. The zero-order chi connectivity index (χ0) is 18.0. The van der Waals surface area contributed by atoms with Crippen LogP contribution < -0.4 is 11.1 Å². The van der Waals surface area contributed by atoms with Crippen LogP contribution in [0.15, 0.2) is 41.9 Å². The molecule has 8 nitrogen and oxygen atoms in total. The number of amides is 1. The van der Waals surface area contributed by atoms with E-state index in [1.165, 1.54) is 6.92 Å². The number of nitrogen functional groups attached to an aromatic ring is 1. The number of nitrogens with zero attached hydrogens (tertiary/aromatic N) is 5. The minimum absolute atomic E-state index is 0.156. The second kappa shape index (κ2) is 6.60. The predicted octanol–water partition coefficient (Wildman–Crippen LogP) is 1.83. The SMILES string of the molecule is CC(=O)Nc1cn2cc(-c3cnc(N)c(C=NN(C)C)c3)ccc2n1. The average molecular weight is 337 g/mol. The molecule has 0 fully saturated rings. The zero-order valence-corrected chi connectivity index (χ0v) is 14.3. The van der Waals surface area contributed by atoms with E-state index < -0.39 is 0 Å². The van der Waals surface area contributed by atoms with E-state index in [4.69, 9.17) is 5.73 Å². The third-order valence-electron chi connectivity index (χ3n) is 3.47. The number of nitrogens with two attached hydrogens (primary N) is 1. The summed E-state index contributed by atoms with van der Waals surface area (Å²) in [6.45, 7) is 1.45. The van der Waals surface area contributed by atoms with Crippen molar-refractivity contribution < 1.29 is 4.79 Å². The van der Waals surface area contributed by atoms with E-state index in [1.807, 2.05) is 42.9 Å². The molecule has 0 aromatic carbocycles. The molecule has 1 amide bonds. The summed E-state index contributed by atoms with van der Waals surface area (Å²) in [5, 5.41) is 8.57. The van der Waals surface area contributed by atoms with Crippen LogP contribution in [0.4, 0.5) is 11.6 Å². The van der Waals surface area contributed by atoms with Crippen LogP contribution in [0, 0.1) is 0 Å². The van der Waals surface area contributed by atoms with Crippen molar-refractivity contribution in [3.05, 3.63) is 42.4 Å². The Hall–Kier alpha value is -3.42. The maximum Gasteiger partial charge on any atom is 0.222 e. The molecule has 0 aliphatic heterocycles. The first-order valence-corrected chi connectivity index (χ1v) is 7.66. The molecule has 0 saturated heterocycles. The molecular weight excluding hydrogens is 318 g/mol. The van der Waals surface area contributed by atoms with Gasteiger partial charge < -0.3 is 20.5 Å². The van der Waals surface area contributed by atoms with Gasteiger partial charge in [0.2, 0.25) is 5.91 Å². The number of imidazole rings is 1. The number of hydrogen-bond acceptors (Lipinski definition) is 6. The van der Waals surface area contributed by atoms with E-state index in [0.29, 0.717) is 11.6 Å². The molecule has 3 heterocycles. The van der Waals surface area contributed by atoms with Crippen molar-refractivity contribution in [2.75, 3.05) is 25.1 Å². The van der Waals surface area contributed by atoms with Crippen molar-refractivity contribution in [2.24, 2.45) is 5.10 Å². The van der Waals surface area contributed by atoms with Crippen molar-refractivity contribution in [3.8, 4) is 11.1 Å². The Morgan fingerprint density at radius 2 is 2.12 bits per heavy atom. The number of carbonyl (C=O) groups excluding carboxylic acids is 1. The summed E-state index contributed by atoms with van der Waals surface area (Å²) in [7, 11) is 3.67. The van der Waals surface area contributed by atoms with E-state index >= 15 is 0 Å². The molecule has 3 aromatic rings. The van der Waals surface area contributed by atoms with Crippen LogP contribution in [0.25, 0.3) is 16.8 Å². The summed E-state index contributed by atoms with van der Waals surface area (Å²) in [4.78, 5) is 19.7. The van der Waals surface area contributed by atoms with Crippen molar-refractivity contribution >= 4 is 29.4 Å². The number of hydrogen-bond donors (Lipinski definition) is 2. The monoisotopic (exact) mass is 337 g/mol. The molecule has 8 heteroatoms. The molecule has 0 spiro atoms. The van der Waals surface area contributed by atoms with E-state index in [9.17, 15) is 4.79 Å². The van der Waals surface area contributed by atoms with Crippen LogP contribution in [-0.4, -0.2) is 45.6 Å². The van der Waals surface area contributed by atoms with E-state index in [0.717, 1.165) is 22.3 Å². The first-order chi connectivity index (χ1) is 11.9. The Labute approximate surface area is 145 Å². The van der Waals surface area contributed by atoms with Gasteiger partial charge in [-0.3, -0.25) is 4.79 Å². The molecule has 3 aromatic heterocycles. The lowest BCUT2D eigenvalue weighted by Crippen LogP contribution is -2.05. The van der Waals surface area contributed by atoms with Crippen LogP contribution in [0.1, 0.15) is 12.5 Å². The van der Waals surface area contributed by atoms with Gasteiger partial charge in [-0.2, -0.15) is 5.10 Å². The number of anilines is 2. The molecule has 0 saturated carbocycles. The zero-order valence-electron chi connectivity index (χ0n) is 14.3. The number of pyridine rings is 2. The highest BCUT2D eigenvalue weighted by atomic mass is 16.1. The lowest BCUT2D eigenvalue weighted by atomic mass is 10.1. The van der Waals surface area contributed by atoms with Crippen molar-refractivity contribution in [1.29, 1.82) is 0 Å². The van der Waals surface area contributed by atoms with Crippen molar-refractivity contribution in [2.45, 2.75) is 6.92 Å². The molecule has 0 radical (unpaired) electrons. The summed E-state index contributed by atoms with van der Waals surface area (Å²) < 4.78 is 1.85. The Morgan fingerprint density at radius 3 is 2.84 bits per heavy atom. The Kier molecular flexibility index (Phi) is 4.34. The van der Waals surface area contributed by atoms with Crippen LogP contribution in [0.3, 0.4) is 0 Å².